The van der Waals surface area contributed by atoms with E-state index in [2.05, 4.69) is 10.5 Å². The highest BCUT2D eigenvalue weighted by molar-refractivity contribution is 8.15. The molecular formula is C18H28N2O5S. The number of carbonyl (C=O) groups excluding carboxylic acids is 2. The Balaban J connectivity index is 1.94. The lowest BCUT2D eigenvalue weighted by Gasteiger charge is -2.28. The van der Waals surface area contributed by atoms with Crippen LogP contribution in [0, 0.1) is 0 Å². The van der Waals surface area contributed by atoms with Gasteiger partial charge in [-0.25, -0.2) is 0 Å². The molecular weight excluding hydrogens is 356 g/mol. The third-order valence-electron chi connectivity index (χ3n) is 4.15. The third-order valence-corrected chi connectivity index (χ3v) is 5.14. The maximum atomic E-state index is 12.3. The van der Waals surface area contributed by atoms with Crippen LogP contribution in [0.2, 0.25) is 0 Å². The molecule has 0 saturated carbocycles. The molecule has 1 N–H and O–H groups in total. The Bertz CT molecular complexity index is 635. The second kappa shape index (κ2) is 8.54. The van der Waals surface area contributed by atoms with E-state index >= 15 is 0 Å². The van der Waals surface area contributed by atoms with Crippen molar-refractivity contribution in [1.82, 2.24) is 5.16 Å². The van der Waals surface area contributed by atoms with Crippen molar-refractivity contribution in [3.8, 4) is 0 Å². The highest BCUT2D eigenvalue weighted by Crippen LogP contribution is 2.29. The van der Waals surface area contributed by atoms with E-state index in [1.165, 1.54) is 6.92 Å². The Kier molecular flexibility index (Phi) is 6.87. The molecule has 0 bridgehead atoms. The molecule has 0 aliphatic carbocycles. The van der Waals surface area contributed by atoms with Gasteiger partial charge in [0, 0.05) is 25.0 Å². The zero-order valence-corrected chi connectivity index (χ0v) is 16.9. The maximum absolute atomic E-state index is 12.3. The van der Waals surface area contributed by atoms with E-state index in [1.54, 1.807) is 19.9 Å². The number of aromatic nitrogens is 1. The zero-order chi connectivity index (χ0) is 19.4. The van der Waals surface area contributed by atoms with Crippen LogP contribution < -0.4 is 5.32 Å². The van der Waals surface area contributed by atoms with Gasteiger partial charge in [0.2, 0.25) is 11.8 Å². The summed E-state index contributed by atoms with van der Waals surface area (Å²) in [4.78, 5) is 23.6. The minimum absolute atomic E-state index is 0.119. The smallest absolute Gasteiger partial charge is 0.242 e. The molecule has 0 radical (unpaired) electrons. The second-order valence-electron chi connectivity index (χ2n) is 7.63. The summed E-state index contributed by atoms with van der Waals surface area (Å²) in [5.41, 5.74) is 0.289. The molecule has 1 atom stereocenters. The fourth-order valence-electron chi connectivity index (χ4n) is 2.54. The SMILES string of the molecule is CC(=O)SC(C)(C)C(=O)Nc1cc(C(C)(C)COC2CCCCO2)no1. The number of amides is 1. The molecule has 0 spiro atoms. The van der Waals surface area contributed by atoms with E-state index in [1.807, 2.05) is 13.8 Å². The first-order chi connectivity index (χ1) is 12.1. The number of nitrogens with zero attached hydrogens (tertiary/aromatic N) is 1. The lowest BCUT2D eigenvalue weighted by atomic mass is 9.90. The molecule has 1 aliphatic heterocycles. The highest BCUT2D eigenvalue weighted by Gasteiger charge is 2.32. The van der Waals surface area contributed by atoms with E-state index in [0.29, 0.717) is 12.3 Å². The van der Waals surface area contributed by atoms with Gasteiger partial charge in [-0.05, 0) is 33.1 Å². The van der Waals surface area contributed by atoms with Crippen molar-refractivity contribution in [2.45, 2.75) is 70.3 Å². The van der Waals surface area contributed by atoms with E-state index < -0.39 is 10.2 Å². The van der Waals surface area contributed by atoms with E-state index in [4.69, 9.17) is 14.0 Å². The monoisotopic (exact) mass is 384 g/mol. The standard InChI is InChI=1S/C18H28N2O5S/c1-12(21)26-18(4,5)16(22)19-14-10-13(20-25-14)17(2,3)11-24-15-8-6-7-9-23-15/h10,15H,6-9,11H2,1-5H3,(H,19,22). The van der Waals surface area contributed by atoms with Crippen molar-refractivity contribution < 1.29 is 23.6 Å². The minimum atomic E-state index is -0.893. The van der Waals surface area contributed by atoms with Crippen molar-refractivity contribution in [1.29, 1.82) is 0 Å². The minimum Gasteiger partial charge on any atom is -0.353 e. The Morgan fingerprint density at radius 2 is 2.08 bits per heavy atom. The summed E-state index contributed by atoms with van der Waals surface area (Å²) in [6.45, 7) is 9.97. The highest BCUT2D eigenvalue weighted by atomic mass is 32.2. The first-order valence-corrected chi connectivity index (χ1v) is 9.63. The van der Waals surface area contributed by atoms with Gasteiger partial charge in [0.05, 0.1) is 17.0 Å². The van der Waals surface area contributed by atoms with Gasteiger partial charge in [-0.15, -0.1) is 0 Å². The van der Waals surface area contributed by atoms with Crippen molar-refractivity contribution in [2.75, 3.05) is 18.5 Å². The summed E-state index contributed by atoms with van der Waals surface area (Å²) in [6.07, 6.45) is 2.92. The molecule has 1 saturated heterocycles. The van der Waals surface area contributed by atoms with Gasteiger partial charge in [-0.3, -0.25) is 14.9 Å². The molecule has 1 unspecified atom stereocenters. The van der Waals surface area contributed by atoms with Gasteiger partial charge in [0.15, 0.2) is 11.4 Å². The average molecular weight is 384 g/mol. The quantitative estimate of drug-likeness (QED) is 0.769. The van der Waals surface area contributed by atoms with Crippen LogP contribution in [0.3, 0.4) is 0 Å². The molecule has 7 nitrogen and oxygen atoms in total. The number of nitrogens with one attached hydrogen (secondary N) is 1. The molecule has 1 aliphatic rings. The van der Waals surface area contributed by atoms with Gasteiger partial charge in [0.1, 0.15) is 0 Å². The molecule has 1 aromatic rings. The van der Waals surface area contributed by atoms with E-state index in [-0.39, 0.29) is 23.2 Å². The predicted molar refractivity (Wildman–Crippen MR) is 100 cm³/mol. The molecule has 8 heteroatoms. The Hall–Kier alpha value is -1.38. The lowest BCUT2D eigenvalue weighted by Crippen LogP contribution is -2.34. The summed E-state index contributed by atoms with van der Waals surface area (Å²) in [6, 6.07) is 1.69. The van der Waals surface area contributed by atoms with Gasteiger partial charge >= 0.3 is 0 Å². The van der Waals surface area contributed by atoms with Crippen molar-refractivity contribution in [2.24, 2.45) is 0 Å². The number of anilines is 1. The van der Waals surface area contributed by atoms with Crippen LogP contribution in [0.15, 0.2) is 10.6 Å². The summed E-state index contributed by atoms with van der Waals surface area (Å²) in [7, 11) is 0. The van der Waals surface area contributed by atoms with Crippen LogP contribution in [-0.4, -0.2) is 40.4 Å². The van der Waals surface area contributed by atoms with Crippen LogP contribution in [0.5, 0.6) is 0 Å². The number of hydrogen-bond donors (Lipinski definition) is 1. The van der Waals surface area contributed by atoms with Crippen LogP contribution in [-0.2, 0) is 24.5 Å². The summed E-state index contributed by atoms with van der Waals surface area (Å²) in [5, 5.41) is 6.62. The molecule has 2 heterocycles. The predicted octanol–water partition coefficient (Wildman–Crippen LogP) is 3.49. The van der Waals surface area contributed by atoms with Crippen LogP contribution in [0.1, 0.15) is 59.6 Å². The van der Waals surface area contributed by atoms with Crippen molar-refractivity contribution in [3.63, 3.8) is 0 Å². The summed E-state index contributed by atoms with van der Waals surface area (Å²) < 4.78 is 15.8. The molecule has 1 aromatic heterocycles. The topological polar surface area (TPSA) is 90.7 Å². The fourth-order valence-corrected chi connectivity index (χ4v) is 3.40. The average Bonchev–Trinajstić information content (AvgIpc) is 3.02. The molecule has 1 fully saturated rings. The molecule has 26 heavy (non-hydrogen) atoms. The first-order valence-electron chi connectivity index (χ1n) is 8.81. The maximum Gasteiger partial charge on any atom is 0.242 e. The first kappa shape index (κ1) is 20.9. The van der Waals surface area contributed by atoms with Crippen LogP contribution >= 0.6 is 11.8 Å². The largest absolute Gasteiger partial charge is 0.353 e. The summed E-state index contributed by atoms with van der Waals surface area (Å²) >= 11 is 0.973. The van der Waals surface area contributed by atoms with Crippen molar-refractivity contribution in [3.05, 3.63) is 11.8 Å². The van der Waals surface area contributed by atoms with Crippen LogP contribution in [0.4, 0.5) is 5.88 Å². The normalized spacial score (nSPS) is 18.6. The Labute approximate surface area is 158 Å². The number of hydrogen-bond acceptors (Lipinski definition) is 7. The molecule has 146 valence electrons. The third kappa shape index (κ3) is 5.82. The van der Waals surface area contributed by atoms with E-state index in [0.717, 1.165) is 37.6 Å². The van der Waals surface area contributed by atoms with Gasteiger partial charge < -0.3 is 14.0 Å². The van der Waals surface area contributed by atoms with Crippen molar-refractivity contribution >= 4 is 28.7 Å². The number of ether oxygens (including phenoxy) is 2. The molecule has 0 aromatic carbocycles. The molecule has 2 rings (SSSR count). The lowest BCUT2D eigenvalue weighted by molar-refractivity contribution is -0.170. The number of thioether (sulfide) groups is 1. The van der Waals surface area contributed by atoms with Gasteiger partial charge in [0.25, 0.3) is 0 Å². The fraction of sp³-hybridized carbons (Fsp3) is 0.722. The van der Waals surface area contributed by atoms with E-state index in [9.17, 15) is 9.59 Å². The van der Waals surface area contributed by atoms with Crippen LogP contribution in [0.25, 0.3) is 0 Å². The Morgan fingerprint density at radius 1 is 1.35 bits per heavy atom. The summed E-state index contributed by atoms with van der Waals surface area (Å²) in [5.74, 6) is -0.0609. The zero-order valence-electron chi connectivity index (χ0n) is 16.1. The van der Waals surface area contributed by atoms with Gasteiger partial charge in [-0.1, -0.05) is 30.8 Å². The Morgan fingerprint density at radius 3 is 2.69 bits per heavy atom. The number of rotatable bonds is 7. The number of carbonyl (C=O) groups is 2. The molecule has 1 amide bonds. The van der Waals surface area contributed by atoms with Gasteiger partial charge in [-0.2, -0.15) is 0 Å². The second-order valence-corrected chi connectivity index (χ2v) is 9.43.